The van der Waals surface area contributed by atoms with Crippen LogP contribution in [-0.4, -0.2) is 5.78 Å². The molecule has 0 aromatic carbocycles. The van der Waals surface area contributed by atoms with Crippen molar-refractivity contribution in [3.8, 4) is 0 Å². The zero-order valence-electron chi connectivity index (χ0n) is 12.6. The maximum Gasteiger partial charge on any atom is 0.162 e. The van der Waals surface area contributed by atoms with Crippen molar-refractivity contribution in [2.45, 2.75) is 58.3 Å². The van der Waals surface area contributed by atoms with E-state index in [4.69, 9.17) is 0 Å². The number of carbonyl (C=O) groups excluding carboxylic acids is 1. The van der Waals surface area contributed by atoms with E-state index in [1.807, 2.05) is 6.08 Å². The Morgan fingerprint density at radius 2 is 2.15 bits per heavy atom. The third-order valence-electron chi connectivity index (χ3n) is 7.03. The number of hydrogen-bond donors (Lipinski definition) is 0. The molecule has 4 aliphatic rings. The molecule has 0 radical (unpaired) electrons. The minimum atomic E-state index is -0.00293. The monoisotopic (exact) mass is 270 g/mol. The van der Waals surface area contributed by atoms with Crippen molar-refractivity contribution in [1.82, 2.24) is 0 Å². The first-order valence-corrected chi connectivity index (χ1v) is 8.68. The summed E-state index contributed by atoms with van der Waals surface area (Å²) in [5.41, 5.74) is 1.77. The van der Waals surface area contributed by atoms with Crippen LogP contribution in [0.15, 0.2) is 23.8 Å². The van der Waals surface area contributed by atoms with Crippen LogP contribution in [0.1, 0.15) is 58.3 Å². The van der Waals surface area contributed by atoms with Gasteiger partial charge in [-0.15, -0.1) is 0 Å². The van der Waals surface area contributed by atoms with Gasteiger partial charge in [-0.2, -0.15) is 0 Å². The van der Waals surface area contributed by atoms with Gasteiger partial charge in [-0.05, 0) is 81.1 Å². The van der Waals surface area contributed by atoms with E-state index >= 15 is 0 Å². The molecule has 2 fully saturated rings. The molecular weight excluding hydrogens is 244 g/mol. The predicted octanol–water partition coefficient (Wildman–Crippen LogP) is 4.68. The summed E-state index contributed by atoms with van der Waals surface area (Å²) in [6.45, 7) is 2.23. The Morgan fingerprint density at radius 3 is 3.00 bits per heavy atom. The Hall–Kier alpha value is -0.850. The first kappa shape index (κ1) is 12.9. The molecule has 0 amide bonds. The summed E-state index contributed by atoms with van der Waals surface area (Å²) in [6.07, 6.45) is 17.0. The van der Waals surface area contributed by atoms with Crippen molar-refractivity contribution in [3.63, 3.8) is 0 Å². The van der Waals surface area contributed by atoms with Gasteiger partial charge in [-0.3, -0.25) is 4.79 Å². The molecule has 4 rings (SSSR count). The van der Waals surface area contributed by atoms with Crippen molar-refractivity contribution in [1.29, 1.82) is 0 Å². The molecule has 4 aliphatic carbocycles. The molecule has 0 saturated heterocycles. The van der Waals surface area contributed by atoms with Crippen LogP contribution in [0.2, 0.25) is 0 Å². The van der Waals surface area contributed by atoms with E-state index in [1.165, 1.54) is 38.5 Å². The van der Waals surface area contributed by atoms with E-state index in [9.17, 15) is 4.79 Å². The second-order valence-electron chi connectivity index (χ2n) is 7.48. The first-order chi connectivity index (χ1) is 9.76. The number of rotatable bonds is 1. The molecule has 2 saturated carbocycles. The number of hydrogen-bond acceptors (Lipinski definition) is 1. The maximum absolute atomic E-state index is 12.4. The maximum atomic E-state index is 12.4. The number of allylic oxidation sites excluding steroid dienone is 4. The lowest BCUT2D eigenvalue weighted by molar-refractivity contribution is -0.130. The fourth-order valence-electron chi connectivity index (χ4n) is 6.00. The lowest BCUT2D eigenvalue weighted by Gasteiger charge is -2.52. The Labute approximate surface area is 122 Å². The zero-order valence-corrected chi connectivity index (χ0v) is 12.6. The average molecular weight is 270 g/mol. The van der Waals surface area contributed by atoms with Gasteiger partial charge in [0.15, 0.2) is 5.78 Å². The fourth-order valence-corrected chi connectivity index (χ4v) is 6.00. The van der Waals surface area contributed by atoms with Crippen LogP contribution in [-0.2, 0) is 4.79 Å². The molecule has 0 spiro atoms. The Balaban J connectivity index is 1.67. The molecule has 0 heterocycles. The van der Waals surface area contributed by atoms with Crippen molar-refractivity contribution in [2.24, 2.45) is 29.1 Å². The average Bonchev–Trinajstić information content (AvgIpc) is 2.85. The summed E-state index contributed by atoms with van der Waals surface area (Å²) in [7, 11) is 0. The number of carbonyl (C=O) groups is 1. The standard InChI is InChI=1S/C19H26O/c1-2-19-12-11-15-14-6-4-3-5-13(14)7-8-16(15)17(19)9-10-18(19)20/h5,9-10,14-17H,2-4,6-8,11-12H2,1H3/t14-,15+,16+,17-,19-/m0/s1. The second kappa shape index (κ2) is 4.58. The first-order valence-electron chi connectivity index (χ1n) is 8.68. The number of ketones is 1. The van der Waals surface area contributed by atoms with Gasteiger partial charge in [0.25, 0.3) is 0 Å². The molecule has 0 N–H and O–H groups in total. The fraction of sp³-hybridized carbons (Fsp3) is 0.737. The molecule has 1 heteroatoms. The molecule has 0 bridgehead atoms. The Kier molecular flexibility index (Phi) is 2.94. The van der Waals surface area contributed by atoms with E-state index in [1.54, 1.807) is 5.57 Å². The smallest absolute Gasteiger partial charge is 0.162 e. The lowest BCUT2D eigenvalue weighted by Crippen LogP contribution is -2.47. The highest BCUT2D eigenvalue weighted by molar-refractivity contribution is 5.98. The van der Waals surface area contributed by atoms with E-state index in [-0.39, 0.29) is 5.41 Å². The molecule has 20 heavy (non-hydrogen) atoms. The highest BCUT2D eigenvalue weighted by Crippen LogP contribution is 2.60. The summed E-state index contributed by atoms with van der Waals surface area (Å²) in [6, 6.07) is 0. The highest BCUT2D eigenvalue weighted by atomic mass is 16.1. The van der Waals surface area contributed by atoms with Gasteiger partial charge in [0.2, 0.25) is 0 Å². The van der Waals surface area contributed by atoms with E-state index in [2.05, 4.69) is 19.1 Å². The van der Waals surface area contributed by atoms with Crippen LogP contribution in [0.25, 0.3) is 0 Å². The van der Waals surface area contributed by atoms with Crippen molar-refractivity contribution < 1.29 is 4.79 Å². The molecule has 0 aliphatic heterocycles. The Bertz CT molecular complexity index is 486. The van der Waals surface area contributed by atoms with Gasteiger partial charge < -0.3 is 0 Å². The van der Waals surface area contributed by atoms with Gasteiger partial charge in [0.1, 0.15) is 0 Å². The molecule has 5 atom stereocenters. The minimum Gasteiger partial charge on any atom is -0.294 e. The van der Waals surface area contributed by atoms with E-state index in [0.717, 1.165) is 30.6 Å². The second-order valence-corrected chi connectivity index (χ2v) is 7.48. The molecule has 0 aromatic rings. The van der Waals surface area contributed by atoms with Gasteiger partial charge in [-0.1, -0.05) is 24.6 Å². The summed E-state index contributed by atoms with van der Waals surface area (Å²) < 4.78 is 0. The lowest BCUT2D eigenvalue weighted by atomic mass is 9.51. The topological polar surface area (TPSA) is 17.1 Å². The molecule has 0 unspecified atom stereocenters. The predicted molar refractivity (Wildman–Crippen MR) is 81.2 cm³/mol. The SMILES string of the molecule is CC[C@]12CC[C@H]3[C@@H](CCC4=CCCC[C@@H]43)[C@@H]1C=CC2=O. The van der Waals surface area contributed by atoms with E-state index in [0.29, 0.717) is 11.7 Å². The molecule has 1 nitrogen and oxygen atoms in total. The molecular formula is C19H26O. The van der Waals surface area contributed by atoms with Gasteiger partial charge in [0.05, 0.1) is 0 Å². The van der Waals surface area contributed by atoms with Crippen LogP contribution < -0.4 is 0 Å². The summed E-state index contributed by atoms with van der Waals surface area (Å²) in [5.74, 6) is 3.51. The minimum absolute atomic E-state index is 0.00293. The normalized spacial score (nSPS) is 46.5. The quantitative estimate of drug-likeness (QED) is 0.632. The van der Waals surface area contributed by atoms with Crippen LogP contribution >= 0.6 is 0 Å². The molecule has 0 aromatic heterocycles. The largest absolute Gasteiger partial charge is 0.294 e. The third kappa shape index (κ3) is 1.58. The van der Waals surface area contributed by atoms with Crippen molar-refractivity contribution >= 4 is 5.78 Å². The number of fused-ring (bicyclic) bond motifs is 5. The zero-order chi connectivity index (χ0) is 13.7. The highest BCUT2D eigenvalue weighted by Gasteiger charge is 2.55. The summed E-state index contributed by atoms with van der Waals surface area (Å²) >= 11 is 0. The summed E-state index contributed by atoms with van der Waals surface area (Å²) in [5, 5.41) is 0. The summed E-state index contributed by atoms with van der Waals surface area (Å²) in [4.78, 5) is 12.4. The third-order valence-corrected chi connectivity index (χ3v) is 7.03. The molecule has 108 valence electrons. The van der Waals surface area contributed by atoms with Crippen molar-refractivity contribution in [2.75, 3.05) is 0 Å². The van der Waals surface area contributed by atoms with Crippen LogP contribution in [0.4, 0.5) is 0 Å². The van der Waals surface area contributed by atoms with Gasteiger partial charge in [0, 0.05) is 5.41 Å². The van der Waals surface area contributed by atoms with Gasteiger partial charge in [-0.25, -0.2) is 0 Å². The van der Waals surface area contributed by atoms with Crippen molar-refractivity contribution in [3.05, 3.63) is 23.8 Å². The van der Waals surface area contributed by atoms with Gasteiger partial charge >= 0.3 is 0 Å². The van der Waals surface area contributed by atoms with E-state index < -0.39 is 0 Å². The van der Waals surface area contributed by atoms with Crippen LogP contribution in [0.3, 0.4) is 0 Å². The van der Waals surface area contributed by atoms with Crippen LogP contribution in [0.5, 0.6) is 0 Å². The Morgan fingerprint density at radius 1 is 1.25 bits per heavy atom. The van der Waals surface area contributed by atoms with Crippen LogP contribution in [0, 0.1) is 29.1 Å².